The van der Waals surface area contributed by atoms with Gasteiger partial charge in [-0.1, -0.05) is 29.8 Å². The minimum atomic E-state index is -0.525. The zero-order valence-corrected chi connectivity index (χ0v) is 13.7. The molecule has 0 unspecified atom stereocenters. The Bertz CT molecular complexity index is 510. The highest BCUT2D eigenvalue weighted by atomic mass is 16.6. The van der Waals surface area contributed by atoms with Gasteiger partial charge in [0, 0.05) is 19.6 Å². The lowest BCUT2D eigenvalue weighted by atomic mass is 10.1. The van der Waals surface area contributed by atoms with E-state index in [1.54, 1.807) is 20.8 Å². The Morgan fingerprint density at radius 1 is 1.09 bits per heavy atom. The van der Waals surface area contributed by atoms with Gasteiger partial charge in [0.25, 0.3) is 0 Å². The molecule has 0 aliphatic carbocycles. The third-order valence-corrected chi connectivity index (χ3v) is 2.61. The number of hydrogen-bond donors (Lipinski definition) is 3. The van der Waals surface area contributed by atoms with E-state index in [-0.39, 0.29) is 6.03 Å². The summed E-state index contributed by atoms with van der Waals surface area (Å²) in [6.07, 6.45) is -0.491. The van der Waals surface area contributed by atoms with Crippen LogP contribution in [0.15, 0.2) is 24.3 Å². The predicted octanol–water partition coefficient (Wildman–Crippen LogP) is 2.32. The van der Waals surface area contributed by atoms with E-state index in [1.807, 2.05) is 31.2 Å². The van der Waals surface area contributed by atoms with E-state index >= 15 is 0 Å². The topological polar surface area (TPSA) is 79.5 Å². The number of alkyl carbamates (subject to hydrolysis) is 1. The molecule has 6 heteroatoms. The number of nitrogens with one attached hydrogen (secondary N) is 3. The Hall–Kier alpha value is -2.24. The quantitative estimate of drug-likeness (QED) is 0.730. The van der Waals surface area contributed by atoms with E-state index in [0.29, 0.717) is 19.6 Å². The predicted molar refractivity (Wildman–Crippen MR) is 85.7 cm³/mol. The van der Waals surface area contributed by atoms with Gasteiger partial charge in [-0.15, -0.1) is 0 Å². The van der Waals surface area contributed by atoms with Crippen molar-refractivity contribution in [3.8, 4) is 0 Å². The number of urea groups is 1. The first-order valence-corrected chi connectivity index (χ1v) is 7.30. The number of aryl methyl sites for hydroxylation is 1. The monoisotopic (exact) mass is 307 g/mol. The average Bonchev–Trinajstić information content (AvgIpc) is 2.39. The number of hydrogen-bond acceptors (Lipinski definition) is 3. The number of rotatable bonds is 5. The highest BCUT2D eigenvalue weighted by Gasteiger charge is 2.15. The van der Waals surface area contributed by atoms with Crippen LogP contribution in [0, 0.1) is 6.92 Å². The van der Waals surface area contributed by atoms with Gasteiger partial charge in [-0.05, 0) is 33.3 Å². The molecule has 3 amide bonds. The van der Waals surface area contributed by atoms with E-state index < -0.39 is 11.7 Å². The highest BCUT2D eigenvalue weighted by Crippen LogP contribution is 2.06. The van der Waals surface area contributed by atoms with Crippen LogP contribution >= 0.6 is 0 Å². The van der Waals surface area contributed by atoms with E-state index in [4.69, 9.17) is 4.74 Å². The number of amides is 3. The summed E-state index contributed by atoms with van der Waals surface area (Å²) < 4.78 is 5.08. The number of carbonyl (C=O) groups is 2. The van der Waals surface area contributed by atoms with Crippen molar-refractivity contribution in [2.24, 2.45) is 0 Å². The molecule has 0 radical (unpaired) electrons. The molecule has 0 spiro atoms. The fourth-order valence-corrected chi connectivity index (χ4v) is 1.72. The van der Waals surface area contributed by atoms with Crippen molar-refractivity contribution in [2.75, 3.05) is 13.1 Å². The summed E-state index contributed by atoms with van der Waals surface area (Å²) in [5.74, 6) is 0. The van der Waals surface area contributed by atoms with Crippen LogP contribution in [0.3, 0.4) is 0 Å². The minimum Gasteiger partial charge on any atom is -0.444 e. The van der Waals surface area contributed by atoms with E-state index in [2.05, 4.69) is 16.0 Å². The number of benzene rings is 1. The van der Waals surface area contributed by atoms with Gasteiger partial charge in [-0.2, -0.15) is 0 Å². The maximum atomic E-state index is 11.6. The van der Waals surface area contributed by atoms with Crippen LogP contribution in [0.1, 0.15) is 31.9 Å². The van der Waals surface area contributed by atoms with Crippen molar-refractivity contribution in [3.63, 3.8) is 0 Å². The van der Waals surface area contributed by atoms with Crippen LogP contribution in [0.5, 0.6) is 0 Å². The van der Waals surface area contributed by atoms with Gasteiger partial charge < -0.3 is 20.7 Å². The molecule has 0 aromatic heterocycles. The minimum absolute atomic E-state index is 0.271. The normalized spacial score (nSPS) is 10.7. The summed E-state index contributed by atoms with van der Waals surface area (Å²) in [6, 6.07) is 7.66. The third kappa shape index (κ3) is 8.14. The molecule has 0 aliphatic heterocycles. The fraction of sp³-hybridized carbons (Fsp3) is 0.500. The molecule has 6 nitrogen and oxygen atoms in total. The molecule has 0 heterocycles. The SMILES string of the molecule is Cc1cccc(CNC(=O)NCCNC(=O)OC(C)(C)C)c1. The molecule has 0 saturated carbocycles. The lowest BCUT2D eigenvalue weighted by molar-refractivity contribution is 0.0528. The molecule has 0 atom stereocenters. The maximum absolute atomic E-state index is 11.6. The molecule has 0 fully saturated rings. The van der Waals surface area contributed by atoms with Crippen LogP contribution in [0.4, 0.5) is 9.59 Å². The molecule has 1 aromatic carbocycles. The fourth-order valence-electron chi connectivity index (χ4n) is 1.72. The number of ether oxygens (including phenoxy) is 1. The van der Waals surface area contributed by atoms with Crippen LogP contribution in [-0.2, 0) is 11.3 Å². The van der Waals surface area contributed by atoms with Gasteiger partial charge in [0.15, 0.2) is 0 Å². The molecule has 122 valence electrons. The molecule has 22 heavy (non-hydrogen) atoms. The first-order chi connectivity index (χ1) is 10.3. The molecule has 0 bridgehead atoms. The second kappa shape index (κ2) is 8.26. The van der Waals surface area contributed by atoms with Crippen molar-refractivity contribution < 1.29 is 14.3 Å². The van der Waals surface area contributed by atoms with Gasteiger partial charge in [-0.3, -0.25) is 0 Å². The second-order valence-electron chi connectivity index (χ2n) is 6.03. The summed E-state index contributed by atoms with van der Waals surface area (Å²) in [7, 11) is 0. The van der Waals surface area contributed by atoms with Gasteiger partial charge in [0.1, 0.15) is 5.60 Å². The van der Waals surface area contributed by atoms with Crippen LogP contribution in [-0.4, -0.2) is 30.8 Å². The van der Waals surface area contributed by atoms with Crippen molar-refractivity contribution in [1.82, 2.24) is 16.0 Å². The van der Waals surface area contributed by atoms with Crippen LogP contribution in [0.25, 0.3) is 0 Å². The molecule has 0 aliphatic rings. The van der Waals surface area contributed by atoms with Gasteiger partial charge in [0.05, 0.1) is 0 Å². The maximum Gasteiger partial charge on any atom is 0.407 e. The third-order valence-electron chi connectivity index (χ3n) is 2.61. The second-order valence-corrected chi connectivity index (χ2v) is 6.03. The average molecular weight is 307 g/mol. The zero-order chi connectivity index (χ0) is 16.6. The molecular weight excluding hydrogens is 282 g/mol. The van der Waals surface area contributed by atoms with Crippen molar-refractivity contribution in [3.05, 3.63) is 35.4 Å². The standard InChI is InChI=1S/C16H25N3O3/c1-12-6-5-7-13(10-12)11-19-14(20)17-8-9-18-15(21)22-16(2,3)4/h5-7,10H,8-9,11H2,1-4H3,(H,18,21)(H2,17,19,20). The zero-order valence-electron chi connectivity index (χ0n) is 13.7. The smallest absolute Gasteiger partial charge is 0.407 e. The van der Waals surface area contributed by atoms with Gasteiger partial charge in [0.2, 0.25) is 0 Å². The van der Waals surface area contributed by atoms with Crippen molar-refractivity contribution >= 4 is 12.1 Å². The Balaban J connectivity index is 2.15. The largest absolute Gasteiger partial charge is 0.444 e. The summed E-state index contributed by atoms with van der Waals surface area (Å²) in [5, 5.41) is 8.00. The van der Waals surface area contributed by atoms with Crippen molar-refractivity contribution in [1.29, 1.82) is 0 Å². The Morgan fingerprint density at radius 3 is 2.41 bits per heavy atom. The summed E-state index contributed by atoms with van der Waals surface area (Å²) >= 11 is 0. The Morgan fingerprint density at radius 2 is 1.77 bits per heavy atom. The first kappa shape index (κ1) is 17.8. The summed E-state index contributed by atoms with van der Waals surface area (Å²) in [6.45, 7) is 8.50. The molecule has 1 rings (SSSR count). The van der Waals surface area contributed by atoms with E-state index in [1.165, 1.54) is 0 Å². The van der Waals surface area contributed by atoms with Crippen LogP contribution in [0.2, 0.25) is 0 Å². The highest BCUT2D eigenvalue weighted by molar-refractivity contribution is 5.74. The Kier molecular flexibility index (Phi) is 6.69. The lowest BCUT2D eigenvalue weighted by Crippen LogP contribution is -2.41. The number of carbonyl (C=O) groups excluding carboxylic acids is 2. The van der Waals surface area contributed by atoms with Gasteiger partial charge >= 0.3 is 12.1 Å². The molecule has 3 N–H and O–H groups in total. The van der Waals surface area contributed by atoms with Gasteiger partial charge in [-0.25, -0.2) is 9.59 Å². The Labute approximate surface area is 131 Å². The summed E-state index contributed by atoms with van der Waals surface area (Å²) in [5.41, 5.74) is 1.67. The van der Waals surface area contributed by atoms with E-state index in [0.717, 1.165) is 11.1 Å². The molecule has 0 saturated heterocycles. The first-order valence-electron chi connectivity index (χ1n) is 7.30. The van der Waals surface area contributed by atoms with Crippen LogP contribution < -0.4 is 16.0 Å². The lowest BCUT2D eigenvalue weighted by Gasteiger charge is -2.19. The molecule has 1 aromatic rings. The molecular formula is C16H25N3O3. The summed E-state index contributed by atoms with van der Waals surface area (Å²) in [4.78, 5) is 23.0. The van der Waals surface area contributed by atoms with Crippen molar-refractivity contribution in [2.45, 2.75) is 39.8 Å². The van der Waals surface area contributed by atoms with E-state index in [9.17, 15) is 9.59 Å².